The van der Waals surface area contributed by atoms with Crippen LogP contribution in [0, 0.1) is 0 Å². The Balaban J connectivity index is 1.57. The number of hydrazine groups is 1. The summed E-state index contributed by atoms with van der Waals surface area (Å²) in [5.74, 6) is -0.656. The monoisotopic (exact) mass is 460 g/mol. The molecule has 5 amide bonds. The Morgan fingerprint density at radius 1 is 1.09 bits per heavy atom. The molecule has 33 heavy (non-hydrogen) atoms. The highest BCUT2D eigenvalue weighted by molar-refractivity contribution is 6.09. The van der Waals surface area contributed by atoms with E-state index in [0.29, 0.717) is 30.9 Å². The van der Waals surface area contributed by atoms with Gasteiger partial charge in [-0.05, 0) is 37.5 Å². The van der Waals surface area contributed by atoms with Gasteiger partial charge in [0.05, 0.1) is 13.7 Å². The molecule has 10 nitrogen and oxygen atoms in total. The zero-order valence-corrected chi connectivity index (χ0v) is 19.4. The topological polar surface area (TPSA) is 117 Å². The number of carbonyl (C=O) groups is 4. The van der Waals surface area contributed by atoms with Crippen molar-refractivity contribution in [2.24, 2.45) is 0 Å². The lowest BCUT2D eigenvalue weighted by atomic mass is 9.81. The van der Waals surface area contributed by atoms with Crippen molar-refractivity contribution in [3.8, 4) is 11.5 Å². The average molecular weight is 461 g/mol. The summed E-state index contributed by atoms with van der Waals surface area (Å²) in [7, 11) is 3.08. The van der Waals surface area contributed by atoms with E-state index < -0.39 is 29.9 Å². The van der Waals surface area contributed by atoms with E-state index in [9.17, 15) is 19.2 Å². The number of likely N-dealkylation sites (N-methyl/N-ethyl adjacent to an activating group) is 1. The van der Waals surface area contributed by atoms with Crippen LogP contribution >= 0.6 is 0 Å². The molecule has 1 aromatic rings. The molecule has 1 saturated heterocycles. The first kappa shape index (κ1) is 24.3. The van der Waals surface area contributed by atoms with E-state index in [0.717, 1.165) is 37.0 Å². The maximum Gasteiger partial charge on any atom is 0.327 e. The molecule has 180 valence electrons. The van der Waals surface area contributed by atoms with Crippen molar-refractivity contribution in [3.63, 3.8) is 0 Å². The summed E-state index contributed by atoms with van der Waals surface area (Å²) in [6.07, 6.45) is 5.85. The molecule has 2 N–H and O–H groups in total. The molecular weight excluding hydrogens is 428 g/mol. The van der Waals surface area contributed by atoms with E-state index in [-0.39, 0.29) is 11.5 Å². The van der Waals surface area contributed by atoms with Crippen LogP contribution in [0.2, 0.25) is 0 Å². The Morgan fingerprint density at radius 2 is 1.82 bits per heavy atom. The van der Waals surface area contributed by atoms with Gasteiger partial charge in [-0.1, -0.05) is 32.6 Å². The van der Waals surface area contributed by atoms with Gasteiger partial charge >= 0.3 is 6.03 Å². The van der Waals surface area contributed by atoms with Gasteiger partial charge < -0.3 is 14.4 Å². The Morgan fingerprint density at radius 3 is 2.48 bits per heavy atom. The number of urea groups is 1. The third-order valence-electron chi connectivity index (χ3n) is 6.28. The summed E-state index contributed by atoms with van der Waals surface area (Å²) in [6, 6.07) is 4.21. The molecule has 0 bridgehead atoms. The molecule has 10 heteroatoms. The van der Waals surface area contributed by atoms with E-state index >= 15 is 0 Å². The average Bonchev–Trinajstić information content (AvgIpc) is 2.99. The number of nitrogens with zero attached hydrogens (tertiary/aromatic N) is 2. The maximum atomic E-state index is 13.0. The van der Waals surface area contributed by atoms with Gasteiger partial charge in [0.1, 0.15) is 12.1 Å². The van der Waals surface area contributed by atoms with Crippen LogP contribution in [0.25, 0.3) is 0 Å². The summed E-state index contributed by atoms with van der Waals surface area (Å²) in [5.41, 5.74) is 3.99. The van der Waals surface area contributed by atoms with Gasteiger partial charge in [0.15, 0.2) is 11.5 Å². The normalized spacial score (nSPS) is 17.3. The summed E-state index contributed by atoms with van der Waals surface area (Å²) >= 11 is 0. The molecule has 1 heterocycles. The number of methoxy groups -OCH3 is 1. The van der Waals surface area contributed by atoms with Crippen molar-refractivity contribution < 1.29 is 28.7 Å². The number of carbonyl (C=O) groups excluding carboxylic acids is 4. The molecule has 3 rings (SSSR count). The smallest absolute Gasteiger partial charge is 0.327 e. The van der Waals surface area contributed by atoms with Crippen LogP contribution in [-0.2, 0) is 9.59 Å². The summed E-state index contributed by atoms with van der Waals surface area (Å²) in [4.78, 5) is 52.9. The molecule has 0 radical (unpaired) electrons. The number of unbranched alkanes of at least 4 members (excludes halogenated alkanes) is 1. The van der Waals surface area contributed by atoms with Gasteiger partial charge in [-0.2, -0.15) is 0 Å². The fourth-order valence-electron chi connectivity index (χ4n) is 4.31. The number of imide groups is 1. The molecule has 0 atom stereocenters. The van der Waals surface area contributed by atoms with Gasteiger partial charge in [-0.25, -0.2) is 4.79 Å². The van der Waals surface area contributed by atoms with Gasteiger partial charge in [0.2, 0.25) is 0 Å². The van der Waals surface area contributed by atoms with Crippen molar-refractivity contribution in [1.82, 2.24) is 20.7 Å². The fourth-order valence-corrected chi connectivity index (χ4v) is 4.31. The number of amides is 5. The minimum absolute atomic E-state index is 0.254. The lowest BCUT2D eigenvalue weighted by Gasteiger charge is -2.35. The van der Waals surface area contributed by atoms with Crippen LogP contribution in [0.1, 0.15) is 62.2 Å². The minimum Gasteiger partial charge on any atom is -0.493 e. The number of benzene rings is 1. The van der Waals surface area contributed by atoms with E-state index in [1.165, 1.54) is 18.1 Å². The number of hydrogen-bond acceptors (Lipinski definition) is 6. The summed E-state index contributed by atoms with van der Waals surface area (Å²) in [6.45, 7) is 2.14. The maximum absolute atomic E-state index is 13.0. The van der Waals surface area contributed by atoms with Crippen molar-refractivity contribution in [2.45, 2.75) is 57.4 Å². The molecule has 1 aliphatic heterocycles. The van der Waals surface area contributed by atoms with Crippen LogP contribution in [0.5, 0.6) is 11.5 Å². The van der Waals surface area contributed by atoms with Crippen LogP contribution in [0.4, 0.5) is 4.79 Å². The second-order valence-electron chi connectivity index (χ2n) is 8.40. The third kappa shape index (κ3) is 5.04. The second-order valence-corrected chi connectivity index (χ2v) is 8.40. The van der Waals surface area contributed by atoms with Crippen molar-refractivity contribution in [3.05, 3.63) is 23.8 Å². The van der Waals surface area contributed by atoms with E-state index in [2.05, 4.69) is 17.8 Å². The molecular formula is C23H32N4O6. The van der Waals surface area contributed by atoms with Crippen LogP contribution in [0.15, 0.2) is 18.2 Å². The molecule has 0 unspecified atom stereocenters. The predicted octanol–water partition coefficient (Wildman–Crippen LogP) is 2.23. The lowest BCUT2D eigenvalue weighted by Crippen LogP contribution is -2.50. The second kappa shape index (κ2) is 10.5. The van der Waals surface area contributed by atoms with Gasteiger partial charge in [0, 0.05) is 12.6 Å². The number of hydrogen-bond donors (Lipinski definition) is 2. The predicted molar refractivity (Wildman–Crippen MR) is 120 cm³/mol. The first-order valence-corrected chi connectivity index (χ1v) is 11.3. The molecule has 1 aromatic carbocycles. The van der Waals surface area contributed by atoms with Crippen LogP contribution in [0.3, 0.4) is 0 Å². The minimum atomic E-state index is -0.851. The third-order valence-corrected chi connectivity index (χ3v) is 6.28. The first-order valence-electron chi connectivity index (χ1n) is 11.3. The zero-order chi connectivity index (χ0) is 24.0. The van der Waals surface area contributed by atoms with Crippen LogP contribution < -0.4 is 20.3 Å². The molecule has 1 saturated carbocycles. The Labute approximate surface area is 193 Å². The Kier molecular flexibility index (Phi) is 7.78. The Hall–Kier alpha value is -3.30. The van der Waals surface area contributed by atoms with Crippen molar-refractivity contribution in [2.75, 3.05) is 27.3 Å². The standard InChI is InChI=1S/C23H32N4O6/c1-4-5-13-33-17-10-9-16(14-18(17)32-3)20(29)25-24-19(28)15-27-21(30)23(26(2)22(27)31)11-7-6-8-12-23/h9-10,14H,4-8,11-13,15H2,1-3H3,(H,24,28)(H,25,29). The lowest BCUT2D eigenvalue weighted by molar-refractivity contribution is -0.137. The molecule has 0 aromatic heterocycles. The van der Waals surface area contributed by atoms with Gasteiger partial charge in [0.25, 0.3) is 17.7 Å². The largest absolute Gasteiger partial charge is 0.493 e. The number of rotatable bonds is 8. The summed E-state index contributed by atoms with van der Waals surface area (Å²) in [5, 5.41) is 0. The molecule has 1 spiro atoms. The number of ether oxygens (including phenoxy) is 2. The number of nitrogens with one attached hydrogen (secondary N) is 2. The highest BCUT2D eigenvalue weighted by Gasteiger charge is 2.55. The van der Waals surface area contributed by atoms with Crippen LogP contribution in [-0.4, -0.2) is 66.4 Å². The zero-order valence-electron chi connectivity index (χ0n) is 19.4. The first-order chi connectivity index (χ1) is 15.8. The highest BCUT2D eigenvalue weighted by Crippen LogP contribution is 2.39. The Bertz CT molecular complexity index is 912. The fraction of sp³-hybridized carbons (Fsp3) is 0.565. The van der Waals surface area contributed by atoms with Gasteiger partial charge in [-0.15, -0.1) is 0 Å². The van der Waals surface area contributed by atoms with Crippen molar-refractivity contribution >= 4 is 23.8 Å². The quantitative estimate of drug-likeness (QED) is 0.349. The SMILES string of the molecule is CCCCOc1ccc(C(=O)NNC(=O)CN2C(=O)N(C)C3(CCCCC3)C2=O)cc1OC. The molecule has 1 aliphatic carbocycles. The van der Waals surface area contributed by atoms with Crippen molar-refractivity contribution in [1.29, 1.82) is 0 Å². The van der Waals surface area contributed by atoms with Gasteiger partial charge in [-0.3, -0.25) is 30.1 Å². The van der Waals surface area contributed by atoms with E-state index in [1.807, 2.05) is 0 Å². The van der Waals surface area contributed by atoms with E-state index in [4.69, 9.17) is 9.47 Å². The highest BCUT2D eigenvalue weighted by atomic mass is 16.5. The molecule has 2 aliphatic rings. The summed E-state index contributed by atoms with van der Waals surface area (Å²) < 4.78 is 10.9. The molecule has 2 fully saturated rings. The van der Waals surface area contributed by atoms with E-state index in [1.54, 1.807) is 19.2 Å².